The summed E-state index contributed by atoms with van der Waals surface area (Å²) in [4.78, 5) is 11.8. The largest absolute Gasteiger partial charge is 0.416 e. The summed E-state index contributed by atoms with van der Waals surface area (Å²) >= 11 is 5.80. The summed E-state index contributed by atoms with van der Waals surface area (Å²) in [5.41, 5.74) is -1.02. The average molecular weight is 385 g/mol. The number of halogens is 4. The number of hydrogen-bond donors (Lipinski definition) is 2. The van der Waals surface area contributed by atoms with E-state index in [1.54, 1.807) is 0 Å². The van der Waals surface area contributed by atoms with E-state index in [4.69, 9.17) is 11.6 Å². The van der Waals surface area contributed by atoms with Crippen LogP contribution in [0.15, 0.2) is 18.2 Å². The first-order chi connectivity index (χ1) is 11.1. The predicted octanol–water partition coefficient (Wildman–Crippen LogP) is 2.46. The molecule has 0 radical (unpaired) electrons. The molecule has 1 heterocycles. The van der Waals surface area contributed by atoms with E-state index < -0.39 is 27.5 Å². The number of sulfone groups is 1. The maximum Gasteiger partial charge on any atom is 0.416 e. The maximum atomic E-state index is 12.7. The fraction of sp³-hybridized carbons (Fsp3) is 0.500. The molecule has 0 spiro atoms. The van der Waals surface area contributed by atoms with Crippen molar-refractivity contribution in [1.82, 2.24) is 5.32 Å². The van der Waals surface area contributed by atoms with E-state index in [-0.39, 0.29) is 41.2 Å². The van der Waals surface area contributed by atoms with Gasteiger partial charge < -0.3 is 10.6 Å². The molecule has 5 nitrogen and oxygen atoms in total. The highest BCUT2D eigenvalue weighted by Gasteiger charge is 2.31. The lowest BCUT2D eigenvalue weighted by Crippen LogP contribution is -2.32. The van der Waals surface area contributed by atoms with Gasteiger partial charge in [0.25, 0.3) is 0 Å². The molecule has 2 rings (SSSR count). The highest BCUT2D eigenvalue weighted by atomic mass is 35.5. The first-order valence-electron chi connectivity index (χ1n) is 7.17. The van der Waals surface area contributed by atoms with Gasteiger partial charge in [-0.15, -0.1) is 0 Å². The van der Waals surface area contributed by atoms with E-state index in [2.05, 4.69) is 10.6 Å². The van der Waals surface area contributed by atoms with Crippen LogP contribution in [0.2, 0.25) is 5.02 Å². The first kappa shape index (κ1) is 19.0. The Kier molecular flexibility index (Phi) is 5.77. The van der Waals surface area contributed by atoms with Crippen LogP contribution < -0.4 is 10.6 Å². The molecule has 1 aromatic rings. The van der Waals surface area contributed by atoms with Crippen molar-refractivity contribution in [2.75, 3.05) is 23.4 Å². The van der Waals surface area contributed by atoms with Crippen LogP contribution in [0.25, 0.3) is 0 Å². The third kappa shape index (κ3) is 5.35. The summed E-state index contributed by atoms with van der Waals surface area (Å²) in [6.45, 7) is 0.225. The van der Waals surface area contributed by atoms with Gasteiger partial charge in [0, 0.05) is 19.0 Å². The zero-order chi connectivity index (χ0) is 18.0. The summed E-state index contributed by atoms with van der Waals surface area (Å²) < 4.78 is 60.6. The second kappa shape index (κ2) is 7.28. The molecule has 1 amide bonds. The van der Waals surface area contributed by atoms with Crippen LogP contribution in [0.3, 0.4) is 0 Å². The number of carbonyl (C=O) groups excluding carboxylic acids is 1. The normalized spacial score (nSPS) is 20.1. The molecule has 0 aliphatic carbocycles. The van der Waals surface area contributed by atoms with Crippen molar-refractivity contribution in [2.45, 2.75) is 25.1 Å². The molecule has 0 aromatic heterocycles. The van der Waals surface area contributed by atoms with Gasteiger partial charge in [0.2, 0.25) is 5.91 Å². The second-order valence-electron chi connectivity index (χ2n) is 5.54. The Morgan fingerprint density at radius 2 is 2.04 bits per heavy atom. The molecule has 1 saturated heterocycles. The number of benzene rings is 1. The minimum Gasteiger partial charge on any atom is -0.325 e. The van der Waals surface area contributed by atoms with Crippen molar-refractivity contribution in [1.29, 1.82) is 0 Å². The van der Waals surface area contributed by atoms with Crippen molar-refractivity contribution >= 4 is 33.0 Å². The van der Waals surface area contributed by atoms with Crippen molar-refractivity contribution < 1.29 is 26.4 Å². The second-order valence-corrected chi connectivity index (χ2v) is 8.18. The van der Waals surface area contributed by atoms with Crippen LogP contribution in [0.5, 0.6) is 0 Å². The molecular formula is C14H16ClF3N2O3S. The lowest BCUT2D eigenvalue weighted by molar-refractivity contribution is -0.137. The summed E-state index contributed by atoms with van der Waals surface area (Å²) in [6, 6.07) is 2.48. The summed E-state index contributed by atoms with van der Waals surface area (Å²) in [6.07, 6.45) is -4.05. The lowest BCUT2D eigenvalue weighted by atomic mass is 10.2. The molecule has 24 heavy (non-hydrogen) atoms. The Bertz CT molecular complexity index is 722. The number of rotatable bonds is 5. The quantitative estimate of drug-likeness (QED) is 0.817. The first-order valence-corrected chi connectivity index (χ1v) is 9.37. The fourth-order valence-corrected chi connectivity index (χ4v) is 4.23. The summed E-state index contributed by atoms with van der Waals surface area (Å²) in [7, 11) is -3.01. The minimum absolute atomic E-state index is 0.00574. The smallest absolute Gasteiger partial charge is 0.325 e. The Morgan fingerprint density at radius 1 is 1.33 bits per heavy atom. The molecule has 0 bridgehead atoms. The molecule has 1 atom stereocenters. The third-order valence-corrected chi connectivity index (χ3v) is 5.68. The van der Waals surface area contributed by atoms with Crippen molar-refractivity contribution in [3.8, 4) is 0 Å². The SMILES string of the molecule is O=C(CCNC1CCS(=O)(=O)C1)Nc1cc(C(F)(F)F)ccc1Cl. The Morgan fingerprint density at radius 3 is 2.62 bits per heavy atom. The molecular weight excluding hydrogens is 369 g/mol. The van der Waals surface area contributed by atoms with E-state index >= 15 is 0 Å². The zero-order valence-corrected chi connectivity index (χ0v) is 14.1. The monoisotopic (exact) mass is 384 g/mol. The predicted molar refractivity (Wildman–Crippen MR) is 84.8 cm³/mol. The maximum absolute atomic E-state index is 12.7. The summed E-state index contributed by atoms with van der Waals surface area (Å²) in [5, 5.41) is 5.29. The Hall–Kier alpha value is -1.32. The molecule has 1 unspecified atom stereocenters. The molecule has 2 N–H and O–H groups in total. The van der Waals surface area contributed by atoms with Gasteiger partial charge in [0.05, 0.1) is 27.8 Å². The number of hydrogen-bond acceptors (Lipinski definition) is 4. The highest BCUT2D eigenvalue weighted by molar-refractivity contribution is 7.91. The van der Waals surface area contributed by atoms with Crippen LogP contribution in [-0.4, -0.2) is 38.4 Å². The molecule has 1 aliphatic heterocycles. The van der Waals surface area contributed by atoms with Crippen LogP contribution in [0.1, 0.15) is 18.4 Å². The van der Waals surface area contributed by atoms with Gasteiger partial charge in [-0.2, -0.15) is 13.2 Å². The molecule has 1 aliphatic rings. The van der Waals surface area contributed by atoms with Crippen LogP contribution in [0.4, 0.5) is 18.9 Å². The van der Waals surface area contributed by atoms with Crippen LogP contribution >= 0.6 is 11.6 Å². The standard InChI is InChI=1S/C14H16ClF3N2O3S/c15-11-2-1-9(14(16,17)18)7-12(11)20-13(21)3-5-19-10-4-6-24(22,23)8-10/h1-2,7,10,19H,3-6,8H2,(H,20,21). The number of carbonyl (C=O) groups is 1. The van der Waals surface area contributed by atoms with E-state index in [9.17, 15) is 26.4 Å². The van der Waals surface area contributed by atoms with Gasteiger partial charge in [0.15, 0.2) is 9.84 Å². The van der Waals surface area contributed by atoms with Gasteiger partial charge in [-0.1, -0.05) is 11.6 Å². The third-order valence-electron chi connectivity index (χ3n) is 3.59. The number of alkyl halides is 3. The molecule has 134 valence electrons. The number of amides is 1. The van der Waals surface area contributed by atoms with Gasteiger partial charge in [-0.25, -0.2) is 8.42 Å². The van der Waals surface area contributed by atoms with Gasteiger partial charge >= 0.3 is 6.18 Å². The fourth-order valence-electron chi connectivity index (χ4n) is 2.36. The summed E-state index contributed by atoms with van der Waals surface area (Å²) in [5.74, 6) is -0.352. The average Bonchev–Trinajstić information content (AvgIpc) is 2.79. The van der Waals surface area contributed by atoms with Crippen molar-refractivity contribution in [3.63, 3.8) is 0 Å². The van der Waals surface area contributed by atoms with E-state index in [0.29, 0.717) is 6.42 Å². The molecule has 1 fully saturated rings. The van der Waals surface area contributed by atoms with Crippen molar-refractivity contribution in [3.05, 3.63) is 28.8 Å². The van der Waals surface area contributed by atoms with E-state index in [1.807, 2.05) is 0 Å². The highest BCUT2D eigenvalue weighted by Crippen LogP contribution is 2.33. The van der Waals surface area contributed by atoms with Crippen molar-refractivity contribution in [2.24, 2.45) is 0 Å². The van der Waals surface area contributed by atoms with E-state index in [1.165, 1.54) is 0 Å². The Labute approximate surface area is 142 Å². The lowest BCUT2D eigenvalue weighted by Gasteiger charge is -2.13. The topological polar surface area (TPSA) is 75.3 Å². The zero-order valence-electron chi connectivity index (χ0n) is 12.5. The molecule has 0 saturated carbocycles. The molecule has 10 heteroatoms. The number of anilines is 1. The van der Waals surface area contributed by atoms with E-state index in [0.717, 1.165) is 18.2 Å². The number of nitrogens with one attached hydrogen (secondary N) is 2. The van der Waals surface area contributed by atoms with Gasteiger partial charge in [0.1, 0.15) is 0 Å². The van der Waals surface area contributed by atoms with Gasteiger partial charge in [-0.3, -0.25) is 4.79 Å². The molecule has 1 aromatic carbocycles. The minimum atomic E-state index is -4.53. The Balaban J connectivity index is 1.86. The van der Waals surface area contributed by atoms with Crippen LogP contribution in [-0.2, 0) is 20.8 Å². The van der Waals surface area contributed by atoms with Crippen LogP contribution in [0, 0.1) is 0 Å². The van der Waals surface area contributed by atoms with Gasteiger partial charge in [-0.05, 0) is 24.6 Å².